The molecule has 0 saturated heterocycles. The molecule has 0 aliphatic heterocycles. The lowest BCUT2D eigenvalue weighted by Gasteiger charge is -2.12. The Kier molecular flexibility index (Phi) is 5.92. The monoisotopic (exact) mass is 452 g/mol. The SMILES string of the molecule is N#Cc1c(Cl)cccc1Oc1ccc(S(=O)(=O)Nc2cccc(C(F)(F)F)c2)cc1. The highest BCUT2D eigenvalue weighted by Gasteiger charge is 2.30. The molecule has 0 heterocycles. The molecule has 1 N–H and O–H groups in total. The van der Waals surface area contributed by atoms with Gasteiger partial charge in [0, 0.05) is 5.69 Å². The van der Waals surface area contributed by atoms with Crippen molar-refractivity contribution in [2.24, 2.45) is 0 Å². The molecule has 0 aliphatic rings. The fraction of sp³-hybridized carbons (Fsp3) is 0.0500. The van der Waals surface area contributed by atoms with Crippen LogP contribution < -0.4 is 9.46 Å². The number of nitrogens with one attached hydrogen (secondary N) is 1. The van der Waals surface area contributed by atoms with E-state index in [9.17, 15) is 21.6 Å². The van der Waals surface area contributed by atoms with Crippen LogP contribution in [0.4, 0.5) is 18.9 Å². The Labute approximate surface area is 175 Å². The number of rotatable bonds is 5. The summed E-state index contributed by atoms with van der Waals surface area (Å²) in [6.45, 7) is 0. The fourth-order valence-corrected chi connectivity index (χ4v) is 3.74. The Balaban J connectivity index is 1.81. The van der Waals surface area contributed by atoms with Gasteiger partial charge in [-0.05, 0) is 54.6 Å². The summed E-state index contributed by atoms with van der Waals surface area (Å²) in [7, 11) is -4.13. The molecule has 5 nitrogen and oxygen atoms in total. The van der Waals surface area contributed by atoms with E-state index < -0.39 is 21.8 Å². The number of nitriles is 1. The van der Waals surface area contributed by atoms with Gasteiger partial charge in [0.25, 0.3) is 10.0 Å². The van der Waals surface area contributed by atoms with E-state index in [1.807, 2.05) is 6.07 Å². The van der Waals surface area contributed by atoms with Crippen LogP contribution in [-0.2, 0) is 16.2 Å². The number of benzene rings is 3. The predicted molar refractivity (Wildman–Crippen MR) is 105 cm³/mol. The molecule has 0 saturated carbocycles. The maximum atomic E-state index is 12.8. The van der Waals surface area contributed by atoms with Crippen molar-refractivity contribution < 1.29 is 26.3 Å². The van der Waals surface area contributed by atoms with Gasteiger partial charge in [-0.15, -0.1) is 0 Å². The van der Waals surface area contributed by atoms with Gasteiger partial charge >= 0.3 is 6.18 Å². The third kappa shape index (κ3) is 4.84. The molecule has 10 heteroatoms. The molecule has 3 aromatic rings. The number of alkyl halides is 3. The summed E-state index contributed by atoms with van der Waals surface area (Å²) in [4.78, 5) is -0.182. The second kappa shape index (κ2) is 8.26. The molecule has 154 valence electrons. The van der Waals surface area contributed by atoms with Gasteiger partial charge in [0.15, 0.2) is 0 Å². The first-order valence-electron chi connectivity index (χ1n) is 8.27. The Morgan fingerprint density at radius 2 is 1.67 bits per heavy atom. The van der Waals surface area contributed by atoms with Crippen molar-refractivity contribution >= 4 is 27.3 Å². The Morgan fingerprint density at radius 3 is 2.30 bits per heavy atom. The summed E-state index contributed by atoms with van der Waals surface area (Å²) in [5.41, 5.74) is -1.06. The van der Waals surface area contributed by atoms with Crippen LogP contribution in [0.1, 0.15) is 11.1 Å². The van der Waals surface area contributed by atoms with Crippen LogP contribution in [0.25, 0.3) is 0 Å². The van der Waals surface area contributed by atoms with Crippen LogP contribution in [0.3, 0.4) is 0 Å². The number of anilines is 1. The minimum atomic E-state index is -4.59. The van der Waals surface area contributed by atoms with E-state index in [4.69, 9.17) is 21.6 Å². The number of hydrogen-bond donors (Lipinski definition) is 1. The van der Waals surface area contributed by atoms with E-state index >= 15 is 0 Å². The highest BCUT2D eigenvalue weighted by atomic mass is 35.5. The van der Waals surface area contributed by atoms with Crippen molar-refractivity contribution in [1.82, 2.24) is 0 Å². The van der Waals surface area contributed by atoms with Gasteiger partial charge in [0.1, 0.15) is 23.1 Å². The summed E-state index contributed by atoms with van der Waals surface area (Å²) < 4.78 is 71.1. The first-order valence-corrected chi connectivity index (χ1v) is 10.1. The van der Waals surface area contributed by atoms with Crippen LogP contribution in [0, 0.1) is 11.3 Å². The predicted octanol–water partition coefficient (Wildman–Crippen LogP) is 5.82. The molecule has 0 aromatic heterocycles. The van der Waals surface area contributed by atoms with Gasteiger partial charge in [0.05, 0.1) is 15.5 Å². The molecule has 0 radical (unpaired) electrons. The van der Waals surface area contributed by atoms with E-state index in [0.717, 1.165) is 12.1 Å². The molecule has 0 fully saturated rings. The number of sulfonamides is 1. The number of halogens is 4. The maximum absolute atomic E-state index is 12.8. The zero-order chi connectivity index (χ0) is 21.9. The second-order valence-corrected chi connectivity index (χ2v) is 8.07. The minimum Gasteiger partial charge on any atom is -0.456 e. The molecule has 3 aromatic carbocycles. The van der Waals surface area contributed by atoms with Gasteiger partial charge in [-0.1, -0.05) is 23.7 Å². The first-order chi connectivity index (χ1) is 14.1. The van der Waals surface area contributed by atoms with Crippen molar-refractivity contribution in [2.45, 2.75) is 11.1 Å². The highest BCUT2D eigenvalue weighted by molar-refractivity contribution is 7.92. The normalized spacial score (nSPS) is 11.6. The highest BCUT2D eigenvalue weighted by Crippen LogP contribution is 2.32. The molecular weight excluding hydrogens is 441 g/mol. The van der Waals surface area contributed by atoms with E-state index in [1.54, 1.807) is 6.07 Å². The molecule has 3 rings (SSSR count). The zero-order valence-electron chi connectivity index (χ0n) is 14.9. The van der Waals surface area contributed by atoms with Gasteiger partial charge < -0.3 is 4.74 Å². The second-order valence-electron chi connectivity index (χ2n) is 5.98. The van der Waals surface area contributed by atoms with E-state index in [-0.39, 0.29) is 32.7 Å². The molecule has 0 bridgehead atoms. The standard InChI is InChI=1S/C20H12ClF3N2O3S/c21-18-5-2-6-19(17(18)12-25)29-15-7-9-16(10-8-15)30(27,28)26-14-4-1-3-13(11-14)20(22,23)24/h1-11,26H. The van der Waals surface area contributed by atoms with Crippen molar-refractivity contribution in [2.75, 3.05) is 4.72 Å². The molecule has 0 unspecified atom stereocenters. The molecule has 0 atom stereocenters. The van der Waals surface area contributed by atoms with Gasteiger partial charge in [-0.25, -0.2) is 8.42 Å². The summed E-state index contributed by atoms with van der Waals surface area (Å²) in [5.74, 6) is 0.439. The Morgan fingerprint density at radius 1 is 1.00 bits per heavy atom. The molecule has 30 heavy (non-hydrogen) atoms. The number of hydrogen-bond acceptors (Lipinski definition) is 4. The lowest BCUT2D eigenvalue weighted by molar-refractivity contribution is -0.137. The average Bonchev–Trinajstić information content (AvgIpc) is 2.68. The van der Waals surface area contributed by atoms with Gasteiger partial charge in [0.2, 0.25) is 0 Å². The van der Waals surface area contributed by atoms with Crippen molar-refractivity contribution in [3.63, 3.8) is 0 Å². The molecule has 0 spiro atoms. The van der Waals surface area contributed by atoms with E-state index in [1.165, 1.54) is 42.5 Å². The quantitative estimate of drug-likeness (QED) is 0.528. The smallest absolute Gasteiger partial charge is 0.416 e. The fourth-order valence-electron chi connectivity index (χ4n) is 2.48. The van der Waals surface area contributed by atoms with Crippen LogP contribution in [-0.4, -0.2) is 8.42 Å². The van der Waals surface area contributed by atoms with Crippen LogP contribution in [0.2, 0.25) is 5.02 Å². The maximum Gasteiger partial charge on any atom is 0.416 e. The van der Waals surface area contributed by atoms with Crippen molar-refractivity contribution in [3.05, 3.63) is 82.9 Å². The minimum absolute atomic E-state index is 0.127. The molecule has 0 amide bonds. The summed E-state index contributed by atoms with van der Waals surface area (Å²) in [5, 5.41) is 9.37. The van der Waals surface area contributed by atoms with Crippen LogP contribution >= 0.6 is 11.6 Å². The Bertz CT molecular complexity index is 1220. The topological polar surface area (TPSA) is 79.2 Å². The summed E-state index contributed by atoms with van der Waals surface area (Å²) in [6, 6.07) is 15.6. The lowest BCUT2D eigenvalue weighted by atomic mass is 10.2. The van der Waals surface area contributed by atoms with Crippen LogP contribution in [0.15, 0.2) is 71.6 Å². The number of ether oxygens (including phenoxy) is 1. The zero-order valence-corrected chi connectivity index (χ0v) is 16.5. The third-order valence-corrected chi connectivity index (χ3v) is 5.60. The van der Waals surface area contributed by atoms with E-state index in [2.05, 4.69) is 4.72 Å². The first kappa shape index (κ1) is 21.5. The largest absolute Gasteiger partial charge is 0.456 e. The lowest BCUT2D eigenvalue weighted by Crippen LogP contribution is -2.14. The van der Waals surface area contributed by atoms with Crippen molar-refractivity contribution in [3.8, 4) is 17.6 Å². The number of nitrogens with zero attached hydrogens (tertiary/aromatic N) is 1. The summed E-state index contributed by atoms with van der Waals surface area (Å²) >= 11 is 5.94. The van der Waals surface area contributed by atoms with Crippen LogP contribution in [0.5, 0.6) is 11.5 Å². The van der Waals surface area contributed by atoms with Crippen molar-refractivity contribution in [1.29, 1.82) is 5.26 Å². The van der Waals surface area contributed by atoms with E-state index in [0.29, 0.717) is 6.07 Å². The molecule has 0 aliphatic carbocycles. The third-order valence-electron chi connectivity index (χ3n) is 3.89. The van der Waals surface area contributed by atoms with Gasteiger partial charge in [-0.3, -0.25) is 4.72 Å². The average molecular weight is 453 g/mol. The Hall–Kier alpha value is -3.22. The summed E-state index contributed by atoms with van der Waals surface area (Å²) in [6.07, 6.45) is -4.59. The molecular formula is C20H12ClF3N2O3S. The van der Waals surface area contributed by atoms with Gasteiger partial charge in [-0.2, -0.15) is 18.4 Å².